The first-order chi connectivity index (χ1) is 13.2. The van der Waals surface area contributed by atoms with E-state index in [9.17, 15) is 14.4 Å². The number of amides is 2. The molecule has 1 N–H and O–H groups in total. The molecule has 0 radical (unpaired) electrons. The number of benzene rings is 2. The smallest absolute Gasteiger partial charge is 0.226 e. The summed E-state index contributed by atoms with van der Waals surface area (Å²) in [6.07, 6.45) is 0.180. The van der Waals surface area contributed by atoms with Gasteiger partial charge in [-0.05, 0) is 55.2 Å². The molecule has 0 bridgehead atoms. The molecule has 0 fully saturated rings. The number of hydrogen-bond donors (Lipinski definition) is 1. The summed E-state index contributed by atoms with van der Waals surface area (Å²) in [4.78, 5) is 37.7. The Balaban J connectivity index is 2.11. The van der Waals surface area contributed by atoms with E-state index in [0.717, 1.165) is 16.8 Å². The number of carbonyl (C=O) groups is 3. The molecule has 0 aliphatic rings. The van der Waals surface area contributed by atoms with Crippen molar-refractivity contribution in [3.63, 3.8) is 0 Å². The van der Waals surface area contributed by atoms with E-state index in [1.54, 1.807) is 29.2 Å². The minimum absolute atomic E-state index is 0.0193. The van der Waals surface area contributed by atoms with E-state index in [-0.39, 0.29) is 29.9 Å². The highest BCUT2D eigenvalue weighted by atomic mass is 16.2. The predicted octanol–water partition coefficient (Wildman–Crippen LogP) is 4.70. The molecule has 0 atom stereocenters. The number of carbonyl (C=O) groups excluding carboxylic acids is 3. The van der Waals surface area contributed by atoms with Crippen LogP contribution in [0.25, 0.3) is 0 Å². The standard InChI is InChI=1S/C23H28N2O3/c1-15(2)21-8-6-7-16(3)23(21)25(18(5)27)14-13-22(28)24-20-11-9-19(10-12-20)17(4)26/h6-12,15H,13-14H2,1-5H3,(H,24,28). The Hall–Kier alpha value is -2.95. The van der Waals surface area contributed by atoms with Gasteiger partial charge < -0.3 is 10.2 Å². The molecule has 0 saturated heterocycles. The summed E-state index contributed by atoms with van der Waals surface area (Å²) < 4.78 is 0. The van der Waals surface area contributed by atoms with Gasteiger partial charge in [-0.15, -0.1) is 0 Å². The van der Waals surface area contributed by atoms with Gasteiger partial charge in [-0.25, -0.2) is 0 Å². The number of ketones is 1. The molecule has 0 spiro atoms. The fraction of sp³-hybridized carbons (Fsp3) is 0.348. The van der Waals surface area contributed by atoms with E-state index in [1.165, 1.54) is 13.8 Å². The summed E-state index contributed by atoms with van der Waals surface area (Å²) in [6.45, 7) is 9.49. The van der Waals surface area contributed by atoms with Crippen LogP contribution in [0.2, 0.25) is 0 Å². The third kappa shape index (κ3) is 5.28. The van der Waals surface area contributed by atoms with Gasteiger partial charge in [0.05, 0.1) is 0 Å². The Morgan fingerprint density at radius 1 is 1.00 bits per heavy atom. The minimum Gasteiger partial charge on any atom is -0.326 e. The zero-order chi connectivity index (χ0) is 20.8. The summed E-state index contributed by atoms with van der Waals surface area (Å²) in [7, 11) is 0. The molecular weight excluding hydrogens is 352 g/mol. The third-order valence-electron chi connectivity index (χ3n) is 4.68. The lowest BCUT2D eigenvalue weighted by atomic mass is 9.97. The lowest BCUT2D eigenvalue weighted by Gasteiger charge is -2.27. The first kappa shape index (κ1) is 21.4. The van der Waals surface area contributed by atoms with Gasteiger partial charge in [-0.1, -0.05) is 32.0 Å². The molecule has 148 valence electrons. The zero-order valence-corrected chi connectivity index (χ0v) is 17.2. The average Bonchev–Trinajstić information content (AvgIpc) is 2.63. The van der Waals surface area contributed by atoms with Gasteiger partial charge >= 0.3 is 0 Å². The van der Waals surface area contributed by atoms with Gasteiger partial charge in [-0.2, -0.15) is 0 Å². The highest BCUT2D eigenvalue weighted by Crippen LogP contribution is 2.31. The number of aryl methyl sites for hydroxylation is 1. The molecule has 2 rings (SSSR count). The number of anilines is 2. The Kier molecular flexibility index (Phi) is 7.10. The van der Waals surface area contributed by atoms with Crippen LogP contribution in [0.15, 0.2) is 42.5 Å². The van der Waals surface area contributed by atoms with Gasteiger partial charge in [0.15, 0.2) is 5.78 Å². The van der Waals surface area contributed by atoms with Gasteiger partial charge in [0.1, 0.15) is 0 Å². The van der Waals surface area contributed by atoms with Gasteiger partial charge in [-0.3, -0.25) is 14.4 Å². The maximum atomic E-state index is 12.4. The lowest BCUT2D eigenvalue weighted by Crippen LogP contribution is -2.33. The molecule has 5 heteroatoms. The maximum absolute atomic E-state index is 12.4. The van der Waals surface area contributed by atoms with E-state index in [2.05, 4.69) is 19.2 Å². The van der Waals surface area contributed by atoms with Crippen molar-refractivity contribution in [2.75, 3.05) is 16.8 Å². The molecule has 2 aromatic carbocycles. The lowest BCUT2D eigenvalue weighted by molar-refractivity contribution is -0.117. The van der Waals surface area contributed by atoms with E-state index in [1.807, 2.05) is 25.1 Å². The van der Waals surface area contributed by atoms with Crippen molar-refractivity contribution < 1.29 is 14.4 Å². The van der Waals surface area contributed by atoms with Crippen LogP contribution in [0.5, 0.6) is 0 Å². The first-order valence-corrected chi connectivity index (χ1v) is 9.49. The highest BCUT2D eigenvalue weighted by Gasteiger charge is 2.20. The minimum atomic E-state index is -0.179. The van der Waals surface area contributed by atoms with Crippen molar-refractivity contribution in [3.05, 3.63) is 59.2 Å². The molecule has 0 aromatic heterocycles. The van der Waals surface area contributed by atoms with Crippen molar-refractivity contribution >= 4 is 29.0 Å². The van der Waals surface area contributed by atoms with Crippen LogP contribution in [0.3, 0.4) is 0 Å². The normalized spacial score (nSPS) is 10.6. The van der Waals surface area contributed by atoms with Crippen LogP contribution in [0.4, 0.5) is 11.4 Å². The number of hydrogen-bond acceptors (Lipinski definition) is 3. The maximum Gasteiger partial charge on any atom is 0.226 e. The second-order valence-electron chi connectivity index (χ2n) is 7.27. The highest BCUT2D eigenvalue weighted by molar-refractivity contribution is 5.97. The van der Waals surface area contributed by atoms with Crippen LogP contribution >= 0.6 is 0 Å². The van der Waals surface area contributed by atoms with E-state index in [0.29, 0.717) is 17.8 Å². The average molecular weight is 380 g/mol. The largest absolute Gasteiger partial charge is 0.326 e. The van der Waals surface area contributed by atoms with Crippen LogP contribution in [-0.4, -0.2) is 24.1 Å². The Morgan fingerprint density at radius 3 is 2.18 bits per heavy atom. The van der Waals surface area contributed by atoms with Crippen LogP contribution in [0, 0.1) is 6.92 Å². The van der Waals surface area contributed by atoms with Crippen molar-refractivity contribution in [1.82, 2.24) is 0 Å². The van der Waals surface area contributed by atoms with E-state index in [4.69, 9.17) is 0 Å². The molecule has 0 heterocycles. The summed E-state index contributed by atoms with van der Waals surface area (Å²) in [6, 6.07) is 12.8. The molecule has 28 heavy (non-hydrogen) atoms. The topological polar surface area (TPSA) is 66.5 Å². The predicted molar refractivity (Wildman–Crippen MR) is 113 cm³/mol. The molecule has 0 aliphatic heterocycles. The molecule has 0 aliphatic carbocycles. The summed E-state index contributed by atoms with van der Waals surface area (Å²) >= 11 is 0. The van der Waals surface area contributed by atoms with Gasteiger partial charge in [0.2, 0.25) is 11.8 Å². The Bertz CT molecular complexity index is 870. The fourth-order valence-electron chi connectivity index (χ4n) is 3.17. The van der Waals surface area contributed by atoms with Crippen molar-refractivity contribution in [2.24, 2.45) is 0 Å². The second-order valence-corrected chi connectivity index (χ2v) is 7.27. The van der Waals surface area contributed by atoms with Crippen molar-refractivity contribution in [1.29, 1.82) is 0 Å². The number of rotatable bonds is 7. The molecule has 0 saturated carbocycles. The third-order valence-corrected chi connectivity index (χ3v) is 4.68. The second kappa shape index (κ2) is 9.31. The SMILES string of the molecule is CC(=O)c1ccc(NC(=O)CCN(C(C)=O)c2c(C)cccc2C(C)C)cc1. The van der Waals surface area contributed by atoms with Crippen molar-refractivity contribution in [3.8, 4) is 0 Å². The Morgan fingerprint density at radius 2 is 1.64 bits per heavy atom. The van der Waals surface area contributed by atoms with Crippen molar-refractivity contribution in [2.45, 2.75) is 47.0 Å². The molecule has 2 aromatic rings. The number of nitrogens with zero attached hydrogens (tertiary/aromatic N) is 1. The van der Waals surface area contributed by atoms with Crippen LogP contribution in [-0.2, 0) is 9.59 Å². The monoisotopic (exact) mass is 380 g/mol. The molecular formula is C23H28N2O3. The van der Waals surface area contributed by atoms with Crippen LogP contribution in [0.1, 0.15) is 61.5 Å². The molecule has 0 unspecified atom stereocenters. The van der Waals surface area contributed by atoms with Gasteiger partial charge in [0, 0.05) is 36.8 Å². The zero-order valence-electron chi connectivity index (χ0n) is 17.2. The summed E-state index contributed by atoms with van der Waals surface area (Å²) in [5, 5.41) is 2.82. The number of para-hydroxylation sites is 1. The summed E-state index contributed by atoms with van der Waals surface area (Å²) in [5.74, 6) is -0.0177. The molecule has 5 nitrogen and oxygen atoms in total. The first-order valence-electron chi connectivity index (χ1n) is 9.49. The number of nitrogens with one attached hydrogen (secondary N) is 1. The van der Waals surface area contributed by atoms with Crippen LogP contribution < -0.4 is 10.2 Å². The Labute approximate surface area is 166 Å². The molecule has 2 amide bonds. The number of Topliss-reactive ketones (excluding diaryl/α,β-unsaturated/α-hetero) is 1. The van der Waals surface area contributed by atoms with E-state index < -0.39 is 0 Å². The van der Waals surface area contributed by atoms with E-state index >= 15 is 0 Å². The van der Waals surface area contributed by atoms with Gasteiger partial charge in [0.25, 0.3) is 0 Å². The quantitative estimate of drug-likeness (QED) is 0.708. The summed E-state index contributed by atoms with van der Waals surface area (Å²) in [5.41, 5.74) is 4.23. The fourth-order valence-corrected chi connectivity index (χ4v) is 3.17.